The number of nitrogens with zero attached hydrogens (tertiary/aromatic N) is 1. The fourth-order valence-electron chi connectivity index (χ4n) is 2.33. The molecule has 1 aromatic rings. The van der Waals surface area contributed by atoms with E-state index in [0.717, 1.165) is 12.8 Å². The van der Waals surface area contributed by atoms with Gasteiger partial charge in [-0.15, -0.1) is 0 Å². The third-order valence-electron chi connectivity index (χ3n) is 3.37. The van der Waals surface area contributed by atoms with Gasteiger partial charge in [0.25, 0.3) is 5.91 Å². The number of carbonyl (C=O) groups excluding carboxylic acids is 2. The number of likely N-dealkylation sites (tertiary alicyclic amines) is 1. The van der Waals surface area contributed by atoms with Crippen LogP contribution in [0.25, 0.3) is 0 Å². The molecule has 1 aromatic carbocycles. The molecule has 0 unspecified atom stereocenters. The van der Waals surface area contributed by atoms with Crippen LogP contribution in [0.5, 0.6) is 0 Å². The Hall–Kier alpha value is -1.59. The van der Waals surface area contributed by atoms with E-state index >= 15 is 0 Å². The predicted molar refractivity (Wildman–Crippen MR) is 75.2 cm³/mol. The molecule has 1 N–H and O–H groups in total. The fraction of sp³-hybridized carbons (Fsp3) is 0.429. The van der Waals surface area contributed by atoms with Crippen LogP contribution < -0.4 is 5.48 Å². The summed E-state index contributed by atoms with van der Waals surface area (Å²) in [5, 5.41) is 0.595. The lowest BCUT2D eigenvalue weighted by Crippen LogP contribution is -2.45. The first-order valence-electron chi connectivity index (χ1n) is 6.49. The van der Waals surface area contributed by atoms with Gasteiger partial charge in [-0.05, 0) is 37.1 Å². The smallest absolute Gasteiger partial charge is 0.253 e. The van der Waals surface area contributed by atoms with Crippen molar-refractivity contribution in [2.24, 2.45) is 5.92 Å². The maximum Gasteiger partial charge on any atom is 0.253 e. The van der Waals surface area contributed by atoms with E-state index in [2.05, 4.69) is 10.3 Å². The molecular weight excluding hydrogens is 280 g/mol. The molecule has 6 heteroatoms. The predicted octanol–water partition coefficient (Wildman–Crippen LogP) is 1.87. The Morgan fingerprint density at radius 3 is 2.70 bits per heavy atom. The number of carbonyl (C=O) groups is 2. The molecule has 1 atom stereocenters. The average molecular weight is 297 g/mol. The van der Waals surface area contributed by atoms with Gasteiger partial charge >= 0.3 is 0 Å². The molecule has 0 bridgehead atoms. The van der Waals surface area contributed by atoms with E-state index in [4.69, 9.17) is 11.6 Å². The van der Waals surface area contributed by atoms with Gasteiger partial charge in [-0.25, -0.2) is 5.48 Å². The lowest BCUT2D eigenvalue weighted by Gasteiger charge is -2.31. The maximum absolute atomic E-state index is 12.4. The highest BCUT2D eigenvalue weighted by molar-refractivity contribution is 6.30. The highest BCUT2D eigenvalue weighted by atomic mass is 35.5. The van der Waals surface area contributed by atoms with Crippen molar-refractivity contribution in [3.63, 3.8) is 0 Å². The molecule has 0 radical (unpaired) electrons. The summed E-state index contributed by atoms with van der Waals surface area (Å²) in [6.07, 6.45) is 1.57. The number of hydrogen-bond donors (Lipinski definition) is 1. The van der Waals surface area contributed by atoms with E-state index in [9.17, 15) is 9.59 Å². The van der Waals surface area contributed by atoms with Crippen LogP contribution in [0.2, 0.25) is 5.02 Å². The molecule has 1 aliphatic rings. The Morgan fingerprint density at radius 1 is 1.35 bits per heavy atom. The second kappa shape index (κ2) is 6.72. The first kappa shape index (κ1) is 14.8. The summed E-state index contributed by atoms with van der Waals surface area (Å²) < 4.78 is 0. The van der Waals surface area contributed by atoms with Gasteiger partial charge in [-0.2, -0.15) is 0 Å². The lowest BCUT2D eigenvalue weighted by atomic mass is 9.97. The SMILES string of the molecule is CONC(=O)[C@@H]1CCCN(C(=O)c2ccc(Cl)cc2)C1. The zero-order valence-corrected chi connectivity index (χ0v) is 12.0. The molecule has 0 saturated carbocycles. The number of hydroxylamine groups is 1. The molecule has 5 nitrogen and oxygen atoms in total. The number of piperidine rings is 1. The minimum atomic E-state index is -0.222. The van der Waals surface area contributed by atoms with Crippen LogP contribution >= 0.6 is 11.6 Å². The van der Waals surface area contributed by atoms with Gasteiger partial charge in [0, 0.05) is 23.7 Å². The van der Waals surface area contributed by atoms with Crippen molar-refractivity contribution in [2.75, 3.05) is 20.2 Å². The second-order valence-corrected chi connectivity index (χ2v) is 5.20. The molecule has 108 valence electrons. The van der Waals surface area contributed by atoms with Gasteiger partial charge in [0.1, 0.15) is 0 Å². The molecule has 2 amide bonds. The van der Waals surface area contributed by atoms with Crippen molar-refractivity contribution in [1.29, 1.82) is 0 Å². The van der Waals surface area contributed by atoms with Gasteiger partial charge in [-0.3, -0.25) is 14.4 Å². The van der Waals surface area contributed by atoms with E-state index in [-0.39, 0.29) is 17.7 Å². The van der Waals surface area contributed by atoms with Crippen LogP contribution in [-0.2, 0) is 9.63 Å². The van der Waals surface area contributed by atoms with Gasteiger partial charge < -0.3 is 4.90 Å². The largest absolute Gasteiger partial charge is 0.338 e. The van der Waals surface area contributed by atoms with Crippen molar-refractivity contribution >= 4 is 23.4 Å². The lowest BCUT2D eigenvalue weighted by molar-refractivity contribution is -0.136. The Labute approximate surface area is 122 Å². The Balaban J connectivity index is 2.03. The quantitative estimate of drug-likeness (QED) is 0.866. The van der Waals surface area contributed by atoms with Crippen LogP contribution in [0.1, 0.15) is 23.2 Å². The summed E-state index contributed by atoms with van der Waals surface area (Å²) in [6, 6.07) is 6.77. The van der Waals surface area contributed by atoms with Crippen LogP contribution in [-0.4, -0.2) is 36.9 Å². The van der Waals surface area contributed by atoms with E-state index < -0.39 is 0 Å². The van der Waals surface area contributed by atoms with Gasteiger partial charge in [-0.1, -0.05) is 11.6 Å². The molecule has 0 aliphatic carbocycles. The second-order valence-electron chi connectivity index (χ2n) is 4.77. The van der Waals surface area contributed by atoms with Crippen LogP contribution in [0.15, 0.2) is 24.3 Å². The van der Waals surface area contributed by atoms with E-state index in [0.29, 0.717) is 23.7 Å². The number of benzene rings is 1. The van der Waals surface area contributed by atoms with Crippen LogP contribution in [0.3, 0.4) is 0 Å². The van der Waals surface area contributed by atoms with Crippen molar-refractivity contribution in [3.05, 3.63) is 34.9 Å². The van der Waals surface area contributed by atoms with E-state index in [1.54, 1.807) is 29.2 Å². The molecule has 20 heavy (non-hydrogen) atoms. The number of halogens is 1. The zero-order valence-electron chi connectivity index (χ0n) is 11.3. The summed E-state index contributed by atoms with van der Waals surface area (Å²) in [5.74, 6) is -0.474. The summed E-state index contributed by atoms with van der Waals surface area (Å²) in [5.41, 5.74) is 2.91. The molecule has 1 saturated heterocycles. The molecule has 2 rings (SSSR count). The Morgan fingerprint density at radius 2 is 2.05 bits per heavy atom. The van der Waals surface area contributed by atoms with Crippen molar-refractivity contribution in [2.45, 2.75) is 12.8 Å². The van der Waals surface area contributed by atoms with Crippen molar-refractivity contribution in [1.82, 2.24) is 10.4 Å². The fourth-order valence-corrected chi connectivity index (χ4v) is 2.46. The topological polar surface area (TPSA) is 58.6 Å². The Kier molecular flexibility index (Phi) is 4.98. The number of hydrogen-bond acceptors (Lipinski definition) is 3. The normalized spacial score (nSPS) is 18.7. The maximum atomic E-state index is 12.4. The summed E-state index contributed by atoms with van der Waals surface area (Å²) in [4.78, 5) is 30.4. The molecular formula is C14H17ClN2O3. The summed E-state index contributed by atoms with van der Waals surface area (Å²) in [6.45, 7) is 1.08. The molecule has 1 heterocycles. The van der Waals surface area contributed by atoms with Gasteiger partial charge in [0.2, 0.25) is 5.91 Å². The summed E-state index contributed by atoms with van der Waals surface area (Å²) in [7, 11) is 1.40. The molecule has 0 spiro atoms. The van der Waals surface area contributed by atoms with Crippen LogP contribution in [0, 0.1) is 5.92 Å². The monoisotopic (exact) mass is 296 g/mol. The van der Waals surface area contributed by atoms with E-state index in [1.165, 1.54) is 7.11 Å². The standard InChI is InChI=1S/C14H17ClN2O3/c1-20-16-13(18)11-3-2-8-17(9-11)14(19)10-4-6-12(15)7-5-10/h4-7,11H,2-3,8-9H2,1H3,(H,16,18)/t11-/m1/s1. The minimum Gasteiger partial charge on any atom is -0.338 e. The minimum absolute atomic E-state index is 0.0726. The molecule has 0 aromatic heterocycles. The number of rotatable bonds is 3. The van der Waals surface area contributed by atoms with E-state index in [1.807, 2.05) is 0 Å². The molecule has 1 fully saturated rings. The van der Waals surface area contributed by atoms with Crippen molar-refractivity contribution < 1.29 is 14.4 Å². The molecule has 1 aliphatic heterocycles. The first-order chi connectivity index (χ1) is 9.61. The highest BCUT2D eigenvalue weighted by Gasteiger charge is 2.28. The summed E-state index contributed by atoms with van der Waals surface area (Å²) >= 11 is 5.81. The van der Waals surface area contributed by atoms with Crippen LogP contribution in [0.4, 0.5) is 0 Å². The highest BCUT2D eigenvalue weighted by Crippen LogP contribution is 2.19. The van der Waals surface area contributed by atoms with Gasteiger partial charge in [0.15, 0.2) is 0 Å². The third kappa shape index (κ3) is 3.49. The third-order valence-corrected chi connectivity index (χ3v) is 3.63. The zero-order chi connectivity index (χ0) is 14.5. The number of nitrogens with one attached hydrogen (secondary N) is 1. The number of amides is 2. The van der Waals surface area contributed by atoms with Crippen molar-refractivity contribution in [3.8, 4) is 0 Å². The van der Waals surface area contributed by atoms with Gasteiger partial charge in [0.05, 0.1) is 13.0 Å². The first-order valence-corrected chi connectivity index (χ1v) is 6.87. The Bertz CT molecular complexity index is 490. The average Bonchev–Trinajstić information content (AvgIpc) is 2.48.